The molecule has 0 spiro atoms. The molecule has 8 heteroatoms. The van der Waals surface area contributed by atoms with Crippen molar-refractivity contribution >= 4 is 34.8 Å². The van der Waals surface area contributed by atoms with Gasteiger partial charge in [-0.05, 0) is 35.0 Å². The normalized spacial score (nSPS) is 11.3. The van der Waals surface area contributed by atoms with Gasteiger partial charge in [0, 0.05) is 5.02 Å². The third kappa shape index (κ3) is 3.61. The predicted molar refractivity (Wildman–Crippen MR) is 80.7 cm³/mol. The molecule has 0 saturated carbocycles. The highest BCUT2D eigenvalue weighted by Crippen LogP contribution is 2.31. The molecule has 0 aliphatic rings. The molecule has 108 valence electrons. The molecule has 20 heavy (non-hydrogen) atoms. The summed E-state index contributed by atoms with van der Waals surface area (Å²) in [7, 11) is 0. The summed E-state index contributed by atoms with van der Waals surface area (Å²) in [5.74, 6) is 1.18. The SMILES string of the molecule is CC(C)CNCc1nnnn1-c1c(Cl)cc(Cl)cc1Cl. The van der Waals surface area contributed by atoms with Gasteiger partial charge < -0.3 is 5.32 Å². The van der Waals surface area contributed by atoms with Gasteiger partial charge in [-0.15, -0.1) is 5.10 Å². The van der Waals surface area contributed by atoms with Gasteiger partial charge in [-0.1, -0.05) is 48.7 Å². The fraction of sp³-hybridized carbons (Fsp3) is 0.417. The lowest BCUT2D eigenvalue weighted by Crippen LogP contribution is -2.21. The molecule has 1 heterocycles. The van der Waals surface area contributed by atoms with E-state index in [-0.39, 0.29) is 0 Å². The van der Waals surface area contributed by atoms with E-state index in [1.54, 1.807) is 12.1 Å². The molecule has 1 N–H and O–H groups in total. The fourth-order valence-corrected chi connectivity index (χ4v) is 2.68. The first-order valence-corrected chi connectivity index (χ1v) is 7.25. The van der Waals surface area contributed by atoms with Crippen LogP contribution in [0.25, 0.3) is 5.69 Å². The average Bonchev–Trinajstić information content (AvgIpc) is 2.75. The largest absolute Gasteiger partial charge is 0.310 e. The minimum atomic E-state index is 0.403. The van der Waals surface area contributed by atoms with Gasteiger partial charge in [0.1, 0.15) is 5.69 Å². The number of halogens is 3. The Kier molecular flexibility index (Phi) is 5.21. The van der Waals surface area contributed by atoms with Gasteiger partial charge in [-0.3, -0.25) is 0 Å². The summed E-state index contributed by atoms with van der Waals surface area (Å²) in [6.45, 7) is 5.65. The smallest absolute Gasteiger partial charge is 0.170 e. The lowest BCUT2D eigenvalue weighted by molar-refractivity contribution is 0.538. The number of hydrogen-bond acceptors (Lipinski definition) is 4. The van der Waals surface area contributed by atoms with Crippen LogP contribution in [-0.4, -0.2) is 26.8 Å². The fourth-order valence-electron chi connectivity index (χ4n) is 1.70. The Labute approximate surface area is 132 Å². The summed E-state index contributed by atoms with van der Waals surface area (Å²) < 4.78 is 1.52. The van der Waals surface area contributed by atoms with Crippen molar-refractivity contribution in [3.05, 3.63) is 33.0 Å². The van der Waals surface area contributed by atoms with Crippen LogP contribution in [0.5, 0.6) is 0 Å². The maximum Gasteiger partial charge on any atom is 0.170 e. The zero-order chi connectivity index (χ0) is 14.7. The standard InChI is InChI=1S/C12H14Cl3N5/c1-7(2)5-16-6-11-17-18-19-20(11)12-9(14)3-8(13)4-10(12)15/h3-4,7,16H,5-6H2,1-2H3. The molecule has 0 saturated heterocycles. The number of tetrazole rings is 1. The number of rotatable bonds is 5. The Morgan fingerprint density at radius 3 is 2.45 bits per heavy atom. The quantitative estimate of drug-likeness (QED) is 0.911. The molecule has 0 unspecified atom stereocenters. The monoisotopic (exact) mass is 333 g/mol. The van der Waals surface area contributed by atoms with Crippen molar-refractivity contribution in [2.75, 3.05) is 6.54 Å². The van der Waals surface area contributed by atoms with E-state index in [1.807, 2.05) is 0 Å². The van der Waals surface area contributed by atoms with Crippen LogP contribution >= 0.6 is 34.8 Å². The molecule has 0 fully saturated rings. The van der Waals surface area contributed by atoms with Crippen molar-refractivity contribution in [3.8, 4) is 5.69 Å². The van der Waals surface area contributed by atoms with Crippen LogP contribution in [0.2, 0.25) is 15.1 Å². The molecule has 0 aliphatic carbocycles. The van der Waals surface area contributed by atoms with E-state index in [0.29, 0.717) is 39.0 Å². The molecule has 1 aromatic heterocycles. The van der Waals surface area contributed by atoms with Gasteiger partial charge >= 0.3 is 0 Å². The van der Waals surface area contributed by atoms with Gasteiger partial charge in [-0.25, -0.2) is 0 Å². The van der Waals surface area contributed by atoms with Gasteiger partial charge in [-0.2, -0.15) is 4.68 Å². The van der Waals surface area contributed by atoms with Crippen molar-refractivity contribution < 1.29 is 0 Å². The number of nitrogens with zero attached hydrogens (tertiary/aromatic N) is 4. The van der Waals surface area contributed by atoms with E-state index in [0.717, 1.165) is 6.54 Å². The molecule has 0 radical (unpaired) electrons. The highest BCUT2D eigenvalue weighted by atomic mass is 35.5. The third-order valence-corrected chi connectivity index (χ3v) is 3.36. The Morgan fingerprint density at radius 1 is 1.20 bits per heavy atom. The van der Waals surface area contributed by atoms with Crippen LogP contribution in [0.1, 0.15) is 19.7 Å². The summed E-state index contributed by atoms with van der Waals surface area (Å²) in [4.78, 5) is 0. The molecule has 2 rings (SSSR count). The summed E-state index contributed by atoms with van der Waals surface area (Å²) in [6, 6.07) is 3.22. The Morgan fingerprint density at radius 2 is 1.85 bits per heavy atom. The van der Waals surface area contributed by atoms with Crippen LogP contribution in [-0.2, 0) is 6.54 Å². The number of nitrogens with one attached hydrogen (secondary N) is 1. The van der Waals surface area contributed by atoms with Crippen LogP contribution < -0.4 is 5.32 Å². The molecule has 0 bridgehead atoms. The van der Waals surface area contributed by atoms with Crippen molar-refractivity contribution in [1.29, 1.82) is 0 Å². The minimum absolute atomic E-state index is 0.403. The average molecular weight is 335 g/mol. The number of benzene rings is 1. The number of aromatic nitrogens is 4. The Balaban J connectivity index is 2.28. The highest BCUT2D eigenvalue weighted by molar-refractivity contribution is 6.40. The molecule has 2 aromatic rings. The van der Waals surface area contributed by atoms with Gasteiger partial charge in [0.25, 0.3) is 0 Å². The zero-order valence-corrected chi connectivity index (χ0v) is 13.3. The first kappa shape index (κ1) is 15.5. The topological polar surface area (TPSA) is 55.6 Å². The maximum absolute atomic E-state index is 6.18. The van der Waals surface area contributed by atoms with Crippen LogP contribution in [0, 0.1) is 5.92 Å². The summed E-state index contributed by atoms with van der Waals surface area (Å²) in [5, 5.41) is 16.1. The van der Waals surface area contributed by atoms with Crippen LogP contribution in [0.3, 0.4) is 0 Å². The van der Waals surface area contributed by atoms with E-state index in [4.69, 9.17) is 34.8 Å². The minimum Gasteiger partial charge on any atom is -0.310 e. The predicted octanol–water partition coefficient (Wildman–Crippen LogP) is 3.37. The second-order valence-corrected chi connectivity index (χ2v) is 6.00. The highest BCUT2D eigenvalue weighted by Gasteiger charge is 2.15. The second-order valence-electron chi connectivity index (χ2n) is 4.75. The molecule has 1 aromatic carbocycles. The molecule has 0 atom stereocenters. The van der Waals surface area contributed by atoms with E-state index >= 15 is 0 Å². The second kappa shape index (κ2) is 6.72. The molecular formula is C12H14Cl3N5. The number of hydrogen-bond donors (Lipinski definition) is 1. The molecular weight excluding hydrogens is 321 g/mol. The summed E-state index contributed by atoms with van der Waals surface area (Å²) in [5.41, 5.74) is 0.532. The lowest BCUT2D eigenvalue weighted by Gasteiger charge is -2.10. The van der Waals surface area contributed by atoms with E-state index < -0.39 is 0 Å². The van der Waals surface area contributed by atoms with Gasteiger partial charge in [0.05, 0.1) is 16.6 Å². The van der Waals surface area contributed by atoms with E-state index in [1.165, 1.54) is 4.68 Å². The van der Waals surface area contributed by atoms with Crippen LogP contribution in [0.4, 0.5) is 0 Å². The first-order valence-electron chi connectivity index (χ1n) is 6.12. The van der Waals surface area contributed by atoms with Crippen LogP contribution in [0.15, 0.2) is 12.1 Å². The van der Waals surface area contributed by atoms with Crippen molar-refractivity contribution in [3.63, 3.8) is 0 Å². The third-order valence-electron chi connectivity index (χ3n) is 2.56. The summed E-state index contributed by atoms with van der Waals surface area (Å²) >= 11 is 18.3. The summed E-state index contributed by atoms with van der Waals surface area (Å²) in [6.07, 6.45) is 0. The van der Waals surface area contributed by atoms with Crippen molar-refractivity contribution in [1.82, 2.24) is 25.5 Å². The van der Waals surface area contributed by atoms with Crippen molar-refractivity contribution in [2.45, 2.75) is 20.4 Å². The molecule has 0 aliphatic heterocycles. The van der Waals surface area contributed by atoms with Crippen molar-refractivity contribution in [2.24, 2.45) is 5.92 Å². The van der Waals surface area contributed by atoms with Gasteiger partial charge in [0.15, 0.2) is 5.82 Å². The first-order chi connectivity index (χ1) is 9.49. The van der Waals surface area contributed by atoms with Gasteiger partial charge in [0.2, 0.25) is 0 Å². The lowest BCUT2D eigenvalue weighted by atomic mass is 10.2. The Bertz CT molecular complexity index is 574. The molecule has 0 amide bonds. The Hall–Kier alpha value is -0.880. The maximum atomic E-state index is 6.18. The zero-order valence-electron chi connectivity index (χ0n) is 11.1. The molecule has 5 nitrogen and oxygen atoms in total. The van der Waals surface area contributed by atoms with E-state index in [9.17, 15) is 0 Å². The van der Waals surface area contributed by atoms with E-state index in [2.05, 4.69) is 34.7 Å².